The van der Waals surface area contributed by atoms with Crippen molar-refractivity contribution in [3.8, 4) is 0 Å². The molecule has 0 atom stereocenters. The van der Waals surface area contributed by atoms with E-state index in [4.69, 9.17) is 0 Å². The third kappa shape index (κ3) is 6.50. The lowest BCUT2D eigenvalue weighted by Gasteiger charge is -2.39. The Balaban J connectivity index is 0.00000171. The normalized spacial score (nSPS) is 17.5. The summed E-state index contributed by atoms with van der Waals surface area (Å²) in [5.74, 6) is -0.475. The van der Waals surface area contributed by atoms with Gasteiger partial charge < -0.3 is 0 Å². The molecule has 0 saturated carbocycles. The Hall–Kier alpha value is -2.24. The summed E-state index contributed by atoms with van der Waals surface area (Å²) in [4.78, 5) is 4.94. The zero-order valence-electron chi connectivity index (χ0n) is 19.7. The highest BCUT2D eigenvalue weighted by molar-refractivity contribution is 5.85. The van der Waals surface area contributed by atoms with Crippen molar-refractivity contribution >= 4 is 30.4 Å². The Morgan fingerprint density at radius 2 is 1.29 bits per heavy atom. The van der Waals surface area contributed by atoms with Gasteiger partial charge in [-0.1, -0.05) is 54.6 Å². The molecule has 1 aliphatic carbocycles. The number of piperazine rings is 1. The number of hydrogen-bond acceptors (Lipinski definition) is 2. The van der Waals surface area contributed by atoms with E-state index in [1.807, 2.05) is 24.3 Å². The maximum Gasteiger partial charge on any atom is 0.123 e. The molecule has 1 saturated heterocycles. The lowest BCUT2D eigenvalue weighted by atomic mass is 9.87. The molecule has 3 aromatic rings. The van der Waals surface area contributed by atoms with E-state index in [1.165, 1.54) is 53.8 Å². The third-order valence-electron chi connectivity index (χ3n) is 6.99. The summed E-state index contributed by atoms with van der Waals surface area (Å²) >= 11 is 0. The molecular weight excluding hydrogens is 485 g/mol. The van der Waals surface area contributed by atoms with Crippen LogP contribution in [0.5, 0.6) is 0 Å². The van der Waals surface area contributed by atoms with Crippen LogP contribution in [0.2, 0.25) is 0 Å². The Kier molecular flexibility index (Phi) is 9.88. The van der Waals surface area contributed by atoms with Gasteiger partial charge in [-0.15, -0.1) is 24.8 Å². The molecule has 5 rings (SSSR count). The summed E-state index contributed by atoms with van der Waals surface area (Å²) in [5.41, 5.74) is 6.46. The quantitative estimate of drug-likeness (QED) is 0.362. The molecule has 2 nitrogen and oxygen atoms in total. The minimum atomic E-state index is -0.237. The molecule has 0 N–H and O–H groups in total. The van der Waals surface area contributed by atoms with Gasteiger partial charge in [0.05, 0.1) is 6.04 Å². The molecule has 0 aromatic heterocycles. The molecule has 0 radical (unpaired) electrons. The zero-order valence-corrected chi connectivity index (χ0v) is 21.3. The van der Waals surface area contributed by atoms with E-state index in [0.717, 1.165) is 50.3 Å². The summed E-state index contributed by atoms with van der Waals surface area (Å²) in [5, 5.41) is 0. The average Bonchev–Trinajstić information content (AvgIpc) is 2.86. The van der Waals surface area contributed by atoms with Crippen molar-refractivity contribution in [2.24, 2.45) is 0 Å². The van der Waals surface area contributed by atoms with Crippen molar-refractivity contribution in [1.82, 2.24) is 9.80 Å². The number of nitrogens with zero attached hydrogens (tertiary/aromatic N) is 2. The molecule has 3 aromatic carbocycles. The fourth-order valence-corrected chi connectivity index (χ4v) is 5.22. The Labute approximate surface area is 219 Å². The monoisotopic (exact) mass is 516 g/mol. The first kappa shape index (κ1) is 27.3. The molecule has 0 unspecified atom stereocenters. The van der Waals surface area contributed by atoms with Crippen LogP contribution in [-0.4, -0.2) is 42.5 Å². The zero-order chi connectivity index (χ0) is 22.6. The summed E-state index contributed by atoms with van der Waals surface area (Å²) in [7, 11) is 0. The summed E-state index contributed by atoms with van der Waals surface area (Å²) < 4.78 is 27.1. The minimum absolute atomic E-state index is 0. The topological polar surface area (TPSA) is 6.48 Å². The molecule has 1 fully saturated rings. The van der Waals surface area contributed by atoms with Gasteiger partial charge in [-0.05, 0) is 71.4 Å². The van der Waals surface area contributed by atoms with Gasteiger partial charge in [0.25, 0.3) is 0 Å². The summed E-state index contributed by atoms with van der Waals surface area (Å²) in [6, 6.07) is 22.2. The molecule has 0 spiro atoms. The number of fused-ring (bicyclic) bond motifs is 1. The fraction of sp³-hybridized carbons (Fsp3) is 0.310. The maximum atomic E-state index is 13.6. The van der Waals surface area contributed by atoms with Crippen molar-refractivity contribution in [2.75, 3.05) is 32.7 Å². The van der Waals surface area contributed by atoms with E-state index < -0.39 is 0 Å². The molecule has 0 amide bonds. The minimum Gasteiger partial charge on any atom is -0.297 e. The molecule has 186 valence electrons. The van der Waals surface area contributed by atoms with E-state index in [2.05, 4.69) is 40.1 Å². The largest absolute Gasteiger partial charge is 0.297 e. The van der Waals surface area contributed by atoms with E-state index in [1.54, 1.807) is 0 Å². The first-order valence-corrected chi connectivity index (χ1v) is 11.9. The van der Waals surface area contributed by atoms with Crippen LogP contribution in [0.3, 0.4) is 0 Å². The van der Waals surface area contributed by atoms with Crippen LogP contribution in [0.1, 0.15) is 41.1 Å². The highest BCUT2D eigenvalue weighted by atomic mass is 35.5. The standard InChI is InChI=1S/C29H30F2N2.2ClH/c30-26-12-8-24(9-13-26)29(25-10-14-27(31)15-11-25)33-20-18-32(19-21-33)17-16-23-6-3-5-22-4-1-2-7-28(22)23;;/h1-2,4,7-16,29H,3,5-6,17-21H2;2*1H. The van der Waals surface area contributed by atoms with Crippen molar-refractivity contribution in [3.05, 3.63) is 113 Å². The fourth-order valence-electron chi connectivity index (χ4n) is 5.22. The van der Waals surface area contributed by atoms with Gasteiger partial charge in [0.15, 0.2) is 0 Å². The Bertz CT molecular complexity index is 1060. The number of benzene rings is 3. The number of rotatable bonds is 5. The molecule has 0 bridgehead atoms. The summed E-state index contributed by atoms with van der Waals surface area (Å²) in [6.45, 7) is 4.75. The van der Waals surface area contributed by atoms with E-state index in [9.17, 15) is 8.78 Å². The molecule has 35 heavy (non-hydrogen) atoms. The van der Waals surface area contributed by atoms with Gasteiger partial charge in [0.1, 0.15) is 11.6 Å². The second-order valence-corrected chi connectivity index (χ2v) is 9.08. The van der Waals surface area contributed by atoms with Crippen LogP contribution in [0.25, 0.3) is 5.57 Å². The van der Waals surface area contributed by atoms with Crippen molar-refractivity contribution in [2.45, 2.75) is 25.3 Å². The predicted molar refractivity (Wildman–Crippen MR) is 145 cm³/mol. The second kappa shape index (κ2) is 12.6. The number of halogens is 4. The lowest BCUT2D eigenvalue weighted by Crippen LogP contribution is -2.47. The number of allylic oxidation sites excluding steroid dienone is 1. The van der Waals surface area contributed by atoms with Crippen LogP contribution in [0.4, 0.5) is 8.78 Å². The number of hydrogen-bond donors (Lipinski definition) is 0. The average molecular weight is 517 g/mol. The molecule has 2 aliphatic rings. The third-order valence-corrected chi connectivity index (χ3v) is 6.99. The van der Waals surface area contributed by atoms with Gasteiger partial charge in [-0.2, -0.15) is 0 Å². The van der Waals surface area contributed by atoms with Crippen molar-refractivity contribution in [3.63, 3.8) is 0 Å². The highest BCUT2D eigenvalue weighted by Crippen LogP contribution is 2.32. The molecule has 1 aliphatic heterocycles. The van der Waals surface area contributed by atoms with Crippen molar-refractivity contribution < 1.29 is 8.78 Å². The molecular formula is C29H32Cl2F2N2. The second-order valence-electron chi connectivity index (χ2n) is 9.08. The smallest absolute Gasteiger partial charge is 0.123 e. The summed E-state index contributed by atoms with van der Waals surface area (Å²) in [6.07, 6.45) is 5.99. The predicted octanol–water partition coefficient (Wildman–Crippen LogP) is 6.94. The maximum absolute atomic E-state index is 13.6. The van der Waals surface area contributed by atoms with E-state index >= 15 is 0 Å². The van der Waals surface area contributed by atoms with Crippen LogP contribution >= 0.6 is 24.8 Å². The lowest BCUT2D eigenvalue weighted by molar-refractivity contribution is 0.117. The molecule has 6 heteroatoms. The van der Waals surface area contributed by atoms with Crippen LogP contribution < -0.4 is 0 Å². The SMILES string of the molecule is Cl.Cl.Fc1ccc(C(c2ccc(F)cc2)N2CCN(CC=C3CCCc4ccccc43)CC2)cc1. The van der Waals surface area contributed by atoms with E-state index in [0.29, 0.717) is 0 Å². The van der Waals surface area contributed by atoms with Crippen LogP contribution in [0, 0.1) is 11.6 Å². The van der Waals surface area contributed by atoms with Crippen LogP contribution in [0.15, 0.2) is 78.9 Å². The molecule has 1 heterocycles. The van der Waals surface area contributed by atoms with Gasteiger partial charge >= 0.3 is 0 Å². The van der Waals surface area contributed by atoms with Gasteiger partial charge in [0, 0.05) is 32.7 Å². The van der Waals surface area contributed by atoms with Crippen LogP contribution in [-0.2, 0) is 6.42 Å². The highest BCUT2D eigenvalue weighted by Gasteiger charge is 2.26. The Morgan fingerprint density at radius 1 is 0.714 bits per heavy atom. The first-order valence-electron chi connectivity index (χ1n) is 11.9. The van der Waals surface area contributed by atoms with E-state index in [-0.39, 0.29) is 42.5 Å². The van der Waals surface area contributed by atoms with Gasteiger partial charge in [-0.25, -0.2) is 8.78 Å². The van der Waals surface area contributed by atoms with Gasteiger partial charge in [0.2, 0.25) is 0 Å². The van der Waals surface area contributed by atoms with Crippen molar-refractivity contribution in [1.29, 1.82) is 0 Å². The first-order chi connectivity index (χ1) is 16.2. The Morgan fingerprint density at radius 3 is 1.89 bits per heavy atom. The van der Waals surface area contributed by atoms with Gasteiger partial charge in [-0.3, -0.25) is 9.80 Å². The number of aryl methyl sites for hydroxylation is 1.